The number of nitrogens with one attached hydrogen (secondary N) is 1. The minimum absolute atomic E-state index is 0.337. The first-order valence-electron chi connectivity index (χ1n) is 6.53. The lowest BCUT2D eigenvalue weighted by atomic mass is 9.98. The summed E-state index contributed by atoms with van der Waals surface area (Å²) in [6.45, 7) is 3.38. The van der Waals surface area contributed by atoms with Gasteiger partial charge in [-0.05, 0) is 45.0 Å². The molecule has 1 heterocycles. The summed E-state index contributed by atoms with van der Waals surface area (Å²) in [5.74, 6) is 0. The smallest absolute Gasteiger partial charge is 0.105 e. The molecule has 0 aliphatic carbocycles. The van der Waals surface area contributed by atoms with Crippen LogP contribution in [0.3, 0.4) is 0 Å². The van der Waals surface area contributed by atoms with Gasteiger partial charge in [0.25, 0.3) is 0 Å². The third-order valence-electron chi connectivity index (χ3n) is 3.81. The Labute approximate surface area is 125 Å². The zero-order valence-corrected chi connectivity index (χ0v) is 12.9. The van der Waals surface area contributed by atoms with Gasteiger partial charge in [-0.2, -0.15) is 0 Å². The summed E-state index contributed by atoms with van der Waals surface area (Å²) in [5, 5.41) is 4.15. The van der Waals surface area contributed by atoms with Crippen LogP contribution in [-0.4, -0.2) is 35.6 Å². The van der Waals surface area contributed by atoms with Crippen molar-refractivity contribution in [1.29, 1.82) is 0 Å². The van der Waals surface area contributed by atoms with Crippen molar-refractivity contribution in [2.75, 3.05) is 18.9 Å². The summed E-state index contributed by atoms with van der Waals surface area (Å²) in [6, 6.07) is 6.88. The van der Waals surface area contributed by atoms with Gasteiger partial charge in [0, 0.05) is 29.9 Å². The summed E-state index contributed by atoms with van der Waals surface area (Å²) in [4.78, 5) is 2.73. The minimum Gasteiger partial charge on any atom is -0.389 e. The molecule has 1 aromatic rings. The van der Waals surface area contributed by atoms with E-state index >= 15 is 0 Å². The van der Waals surface area contributed by atoms with E-state index in [0.29, 0.717) is 22.1 Å². The molecule has 0 amide bonds. The number of anilines is 1. The lowest BCUT2D eigenvalue weighted by Gasteiger charge is -2.35. The van der Waals surface area contributed by atoms with Crippen LogP contribution in [-0.2, 0) is 0 Å². The second-order valence-electron chi connectivity index (χ2n) is 5.25. The maximum absolute atomic E-state index is 6.18. The molecule has 0 radical (unpaired) electrons. The predicted octanol–water partition coefficient (Wildman–Crippen LogP) is 2.87. The van der Waals surface area contributed by atoms with Crippen molar-refractivity contribution in [2.45, 2.75) is 31.8 Å². The third-order valence-corrected chi connectivity index (χ3v) is 4.35. The van der Waals surface area contributed by atoms with Crippen LogP contribution in [0.4, 0.5) is 5.69 Å². The molecule has 0 spiro atoms. The molecule has 0 bridgehead atoms. The molecule has 2 rings (SSSR count). The van der Waals surface area contributed by atoms with E-state index in [2.05, 4.69) is 24.2 Å². The second-order valence-corrected chi connectivity index (χ2v) is 6.10. The third kappa shape index (κ3) is 3.59. The van der Waals surface area contributed by atoms with E-state index in [0.717, 1.165) is 30.6 Å². The van der Waals surface area contributed by atoms with E-state index < -0.39 is 0 Å². The molecule has 0 aromatic heterocycles. The van der Waals surface area contributed by atoms with Gasteiger partial charge in [0.15, 0.2) is 0 Å². The maximum Gasteiger partial charge on any atom is 0.105 e. The van der Waals surface area contributed by atoms with Gasteiger partial charge in [-0.25, -0.2) is 0 Å². The van der Waals surface area contributed by atoms with E-state index in [-0.39, 0.29) is 0 Å². The van der Waals surface area contributed by atoms with Crippen molar-refractivity contribution in [3.05, 3.63) is 28.8 Å². The Bertz CT molecular complexity index is 478. The van der Waals surface area contributed by atoms with Gasteiger partial charge in [-0.1, -0.05) is 23.8 Å². The highest BCUT2D eigenvalue weighted by atomic mass is 35.5. The Balaban J connectivity index is 2.04. The Morgan fingerprint density at radius 2 is 2.26 bits per heavy atom. The van der Waals surface area contributed by atoms with Crippen LogP contribution in [0.2, 0.25) is 5.02 Å². The summed E-state index contributed by atoms with van der Waals surface area (Å²) >= 11 is 11.1. The molecule has 104 valence electrons. The topological polar surface area (TPSA) is 41.3 Å². The van der Waals surface area contributed by atoms with Crippen LogP contribution in [0.15, 0.2) is 18.2 Å². The highest BCUT2D eigenvalue weighted by Crippen LogP contribution is 2.24. The summed E-state index contributed by atoms with van der Waals surface area (Å²) in [5.41, 5.74) is 7.37. The van der Waals surface area contributed by atoms with Crippen LogP contribution in [0, 0.1) is 0 Å². The largest absolute Gasteiger partial charge is 0.389 e. The SMILES string of the molecule is CC1CC(Nc2ccc(C(N)=S)c(Cl)c2)CCN1C. The molecule has 0 saturated carbocycles. The second kappa shape index (κ2) is 6.07. The first kappa shape index (κ1) is 14.6. The van der Waals surface area contributed by atoms with Crippen LogP contribution >= 0.6 is 23.8 Å². The monoisotopic (exact) mass is 297 g/mol. The normalized spacial score (nSPS) is 24.2. The van der Waals surface area contributed by atoms with Crippen LogP contribution in [0.5, 0.6) is 0 Å². The summed E-state index contributed by atoms with van der Waals surface area (Å²) < 4.78 is 0. The first-order chi connectivity index (χ1) is 8.97. The molecule has 1 saturated heterocycles. The van der Waals surface area contributed by atoms with Crippen molar-refractivity contribution in [1.82, 2.24) is 4.90 Å². The average molecular weight is 298 g/mol. The van der Waals surface area contributed by atoms with E-state index in [9.17, 15) is 0 Å². The number of hydrogen-bond donors (Lipinski definition) is 2. The molecule has 2 atom stereocenters. The fourth-order valence-electron chi connectivity index (χ4n) is 2.46. The molecule has 1 aromatic carbocycles. The molecular formula is C14H20ClN3S. The number of benzene rings is 1. The van der Waals surface area contributed by atoms with E-state index in [1.807, 2.05) is 18.2 Å². The molecule has 1 aliphatic rings. The molecule has 19 heavy (non-hydrogen) atoms. The minimum atomic E-state index is 0.337. The zero-order chi connectivity index (χ0) is 14.0. The molecule has 2 unspecified atom stereocenters. The lowest BCUT2D eigenvalue weighted by Crippen LogP contribution is -2.42. The maximum atomic E-state index is 6.18. The predicted molar refractivity (Wildman–Crippen MR) is 86.1 cm³/mol. The number of halogens is 1. The number of thiocarbonyl (C=S) groups is 1. The molecule has 3 nitrogen and oxygen atoms in total. The van der Waals surface area contributed by atoms with Crippen molar-refractivity contribution in [2.24, 2.45) is 5.73 Å². The molecule has 1 aliphatic heterocycles. The van der Waals surface area contributed by atoms with E-state index in [4.69, 9.17) is 29.6 Å². The Morgan fingerprint density at radius 3 is 2.84 bits per heavy atom. The molecule has 5 heteroatoms. The molecular weight excluding hydrogens is 278 g/mol. The Hall–Kier alpha value is -0.840. The number of piperidine rings is 1. The number of nitrogens with zero attached hydrogens (tertiary/aromatic N) is 1. The van der Waals surface area contributed by atoms with Crippen molar-refractivity contribution < 1.29 is 0 Å². The van der Waals surface area contributed by atoms with Crippen LogP contribution < -0.4 is 11.1 Å². The van der Waals surface area contributed by atoms with Crippen LogP contribution in [0.25, 0.3) is 0 Å². The fourth-order valence-corrected chi connectivity index (χ4v) is 2.98. The first-order valence-corrected chi connectivity index (χ1v) is 7.32. The summed E-state index contributed by atoms with van der Waals surface area (Å²) in [6.07, 6.45) is 2.29. The Kier molecular flexibility index (Phi) is 4.66. The molecule has 3 N–H and O–H groups in total. The zero-order valence-electron chi connectivity index (χ0n) is 11.3. The van der Waals surface area contributed by atoms with Gasteiger partial charge >= 0.3 is 0 Å². The van der Waals surface area contributed by atoms with E-state index in [1.54, 1.807) is 0 Å². The fraction of sp³-hybridized carbons (Fsp3) is 0.500. The van der Waals surface area contributed by atoms with Crippen molar-refractivity contribution >= 4 is 34.5 Å². The standard InChI is InChI=1S/C14H20ClN3S/c1-9-7-11(5-6-18(9)2)17-10-3-4-12(14(16)19)13(15)8-10/h3-4,8-9,11,17H,5-7H2,1-2H3,(H2,16,19). The lowest BCUT2D eigenvalue weighted by molar-refractivity contribution is 0.190. The van der Waals surface area contributed by atoms with Gasteiger partial charge < -0.3 is 16.0 Å². The Morgan fingerprint density at radius 1 is 1.53 bits per heavy atom. The summed E-state index contributed by atoms with van der Waals surface area (Å²) in [7, 11) is 2.18. The number of hydrogen-bond acceptors (Lipinski definition) is 3. The quantitative estimate of drug-likeness (QED) is 0.842. The number of likely N-dealkylation sites (tertiary alicyclic amines) is 1. The van der Waals surface area contributed by atoms with E-state index in [1.165, 1.54) is 0 Å². The van der Waals surface area contributed by atoms with Crippen molar-refractivity contribution in [3.8, 4) is 0 Å². The number of rotatable bonds is 3. The van der Waals surface area contributed by atoms with Gasteiger partial charge in [-0.15, -0.1) is 0 Å². The van der Waals surface area contributed by atoms with Crippen molar-refractivity contribution in [3.63, 3.8) is 0 Å². The van der Waals surface area contributed by atoms with Gasteiger partial charge in [0.05, 0.1) is 5.02 Å². The molecule has 1 fully saturated rings. The number of nitrogens with two attached hydrogens (primary N) is 1. The highest BCUT2D eigenvalue weighted by Gasteiger charge is 2.22. The van der Waals surface area contributed by atoms with Gasteiger partial charge in [0.2, 0.25) is 0 Å². The van der Waals surface area contributed by atoms with Gasteiger partial charge in [-0.3, -0.25) is 0 Å². The van der Waals surface area contributed by atoms with Crippen LogP contribution in [0.1, 0.15) is 25.3 Å². The van der Waals surface area contributed by atoms with Gasteiger partial charge in [0.1, 0.15) is 4.99 Å². The average Bonchev–Trinajstić information content (AvgIpc) is 2.33. The highest BCUT2D eigenvalue weighted by molar-refractivity contribution is 7.80.